The lowest BCUT2D eigenvalue weighted by atomic mass is 9.92. The summed E-state index contributed by atoms with van der Waals surface area (Å²) in [6.07, 6.45) is 3.53. The van der Waals surface area contributed by atoms with E-state index in [0.29, 0.717) is 12.5 Å². The topological polar surface area (TPSA) is 47.5 Å². The molecular weight excluding hydrogens is 278 g/mol. The Labute approximate surface area is 130 Å². The third kappa shape index (κ3) is 3.13. The molecule has 1 unspecified atom stereocenters. The first-order chi connectivity index (χ1) is 10.7. The van der Waals surface area contributed by atoms with Crippen LogP contribution in [0.5, 0.6) is 11.5 Å². The molecule has 3 rings (SSSR count). The summed E-state index contributed by atoms with van der Waals surface area (Å²) in [7, 11) is 5.64. The van der Waals surface area contributed by atoms with Crippen LogP contribution < -0.4 is 14.4 Å². The van der Waals surface area contributed by atoms with E-state index in [2.05, 4.69) is 16.0 Å². The summed E-state index contributed by atoms with van der Waals surface area (Å²) in [6.45, 7) is 0.710. The van der Waals surface area contributed by atoms with Gasteiger partial charge in [-0.25, -0.2) is 9.97 Å². The fourth-order valence-corrected chi connectivity index (χ4v) is 2.71. The first kappa shape index (κ1) is 14.6. The number of rotatable bonds is 4. The molecule has 0 spiro atoms. The van der Waals surface area contributed by atoms with E-state index in [-0.39, 0.29) is 0 Å². The highest BCUT2D eigenvalue weighted by atomic mass is 16.5. The van der Waals surface area contributed by atoms with E-state index >= 15 is 0 Å². The van der Waals surface area contributed by atoms with Crippen LogP contribution in [-0.2, 0) is 12.8 Å². The average Bonchev–Trinajstić information content (AvgIpc) is 2.54. The molecule has 0 aliphatic carbocycles. The second-order valence-electron chi connectivity index (χ2n) is 5.82. The van der Waals surface area contributed by atoms with Gasteiger partial charge in [-0.05, 0) is 24.5 Å². The molecule has 0 bridgehead atoms. The summed E-state index contributed by atoms with van der Waals surface area (Å²) < 4.78 is 11.1. The van der Waals surface area contributed by atoms with E-state index in [1.807, 2.05) is 37.2 Å². The minimum atomic E-state index is 0.436. The Bertz CT molecular complexity index is 658. The standard InChI is InChI=1S/C17H21N3O2/c1-20(2)17-8-14(18-11-19-17)7-12-6-13-4-5-15(21-3)9-16(13)22-10-12/h4-5,8-9,11-12H,6-7,10H2,1-3H3. The van der Waals surface area contributed by atoms with Gasteiger partial charge in [-0.3, -0.25) is 0 Å². The average molecular weight is 299 g/mol. The molecule has 116 valence electrons. The zero-order valence-corrected chi connectivity index (χ0v) is 13.2. The monoisotopic (exact) mass is 299 g/mol. The van der Waals surface area contributed by atoms with Gasteiger partial charge in [0, 0.05) is 37.8 Å². The Morgan fingerprint density at radius 1 is 1.27 bits per heavy atom. The Morgan fingerprint density at radius 2 is 2.14 bits per heavy atom. The van der Waals surface area contributed by atoms with E-state index in [9.17, 15) is 0 Å². The van der Waals surface area contributed by atoms with Gasteiger partial charge in [-0.2, -0.15) is 0 Å². The molecule has 0 N–H and O–H groups in total. The fraction of sp³-hybridized carbons (Fsp3) is 0.412. The van der Waals surface area contributed by atoms with Crippen LogP contribution in [0, 0.1) is 5.92 Å². The van der Waals surface area contributed by atoms with Crippen molar-refractivity contribution >= 4 is 5.82 Å². The van der Waals surface area contributed by atoms with Crippen molar-refractivity contribution in [3.05, 3.63) is 41.9 Å². The Hall–Kier alpha value is -2.30. The first-order valence-corrected chi connectivity index (χ1v) is 7.43. The van der Waals surface area contributed by atoms with Crippen molar-refractivity contribution in [2.75, 3.05) is 32.7 Å². The van der Waals surface area contributed by atoms with Gasteiger partial charge >= 0.3 is 0 Å². The minimum absolute atomic E-state index is 0.436. The third-order valence-electron chi connectivity index (χ3n) is 3.92. The van der Waals surface area contributed by atoms with Gasteiger partial charge in [0.2, 0.25) is 0 Å². The number of fused-ring (bicyclic) bond motifs is 1. The van der Waals surface area contributed by atoms with Crippen LogP contribution in [-0.4, -0.2) is 37.8 Å². The van der Waals surface area contributed by atoms with Crippen molar-refractivity contribution in [2.24, 2.45) is 5.92 Å². The van der Waals surface area contributed by atoms with Crippen molar-refractivity contribution < 1.29 is 9.47 Å². The molecule has 1 aliphatic heterocycles. The quantitative estimate of drug-likeness (QED) is 0.867. The van der Waals surface area contributed by atoms with Crippen LogP contribution in [0.4, 0.5) is 5.82 Å². The van der Waals surface area contributed by atoms with E-state index in [4.69, 9.17) is 9.47 Å². The molecule has 1 atom stereocenters. The highest BCUT2D eigenvalue weighted by Crippen LogP contribution is 2.32. The number of hydrogen-bond donors (Lipinski definition) is 0. The SMILES string of the molecule is COc1ccc2c(c1)OCC(Cc1cc(N(C)C)ncn1)C2. The number of nitrogens with zero attached hydrogens (tertiary/aromatic N) is 3. The van der Waals surface area contributed by atoms with Gasteiger partial charge in [0.25, 0.3) is 0 Å². The van der Waals surface area contributed by atoms with E-state index < -0.39 is 0 Å². The van der Waals surface area contributed by atoms with Gasteiger partial charge in [0.05, 0.1) is 13.7 Å². The maximum atomic E-state index is 5.89. The Morgan fingerprint density at radius 3 is 2.91 bits per heavy atom. The Kier molecular flexibility index (Phi) is 4.13. The van der Waals surface area contributed by atoms with Gasteiger partial charge in [-0.1, -0.05) is 6.07 Å². The molecule has 0 radical (unpaired) electrons. The number of aromatic nitrogens is 2. The number of methoxy groups -OCH3 is 1. The van der Waals surface area contributed by atoms with Crippen molar-refractivity contribution in [3.63, 3.8) is 0 Å². The molecule has 1 aromatic heterocycles. The highest BCUT2D eigenvalue weighted by molar-refractivity contribution is 5.42. The lowest BCUT2D eigenvalue weighted by molar-refractivity contribution is 0.219. The number of anilines is 1. The molecule has 5 nitrogen and oxygen atoms in total. The smallest absolute Gasteiger partial charge is 0.131 e. The van der Waals surface area contributed by atoms with Crippen LogP contribution in [0.2, 0.25) is 0 Å². The zero-order valence-electron chi connectivity index (χ0n) is 13.2. The van der Waals surface area contributed by atoms with Crippen molar-refractivity contribution in [2.45, 2.75) is 12.8 Å². The predicted molar refractivity (Wildman–Crippen MR) is 85.7 cm³/mol. The normalized spacial score (nSPS) is 16.6. The summed E-state index contributed by atoms with van der Waals surface area (Å²) in [4.78, 5) is 10.6. The third-order valence-corrected chi connectivity index (χ3v) is 3.92. The summed E-state index contributed by atoms with van der Waals surface area (Å²) in [5.74, 6) is 3.15. The minimum Gasteiger partial charge on any atom is -0.497 e. The van der Waals surface area contributed by atoms with Crippen LogP contribution in [0.1, 0.15) is 11.3 Å². The van der Waals surface area contributed by atoms with Crippen molar-refractivity contribution in [1.82, 2.24) is 9.97 Å². The van der Waals surface area contributed by atoms with Gasteiger partial charge in [-0.15, -0.1) is 0 Å². The van der Waals surface area contributed by atoms with Crippen molar-refractivity contribution in [1.29, 1.82) is 0 Å². The van der Waals surface area contributed by atoms with E-state index in [1.54, 1.807) is 13.4 Å². The summed E-state index contributed by atoms with van der Waals surface area (Å²) in [5.41, 5.74) is 2.29. The first-order valence-electron chi connectivity index (χ1n) is 7.43. The lowest BCUT2D eigenvalue weighted by Crippen LogP contribution is -2.23. The maximum Gasteiger partial charge on any atom is 0.131 e. The molecule has 2 aromatic rings. The van der Waals surface area contributed by atoms with E-state index in [1.165, 1.54) is 5.56 Å². The number of ether oxygens (including phenoxy) is 2. The van der Waals surface area contributed by atoms with Crippen LogP contribution >= 0.6 is 0 Å². The van der Waals surface area contributed by atoms with E-state index in [0.717, 1.165) is 35.9 Å². The van der Waals surface area contributed by atoms with Crippen molar-refractivity contribution in [3.8, 4) is 11.5 Å². The van der Waals surface area contributed by atoms with Gasteiger partial charge in [0.1, 0.15) is 23.6 Å². The summed E-state index contributed by atoms with van der Waals surface area (Å²) >= 11 is 0. The highest BCUT2D eigenvalue weighted by Gasteiger charge is 2.21. The molecule has 2 heterocycles. The molecule has 5 heteroatoms. The molecular formula is C17H21N3O2. The lowest BCUT2D eigenvalue weighted by Gasteiger charge is -2.25. The largest absolute Gasteiger partial charge is 0.497 e. The molecule has 22 heavy (non-hydrogen) atoms. The maximum absolute atomic E-state index is 5.89. The molecule has 0 saturated heterocycles. The van der Waals surface area contributed by atoms with Crippen LogP contribution in [0.25, 0.3) is 0 Å². The molecule has 0 fully saturated rings. The van der Waals surface area contributed by atoms with Crippen LogP contribution in [0.15, 0.2) is 30.6 Å². The summed E-state index contributed by atoms with van der Waals surface area (Å²) in [6, 6.07) is 8.08. The molecule has 0 saturated carbocycles. The zero-order chi connectivity index (χ0) is 15.5. The molecule has 1 aliphatic rings. The number of benzene rings is 1. The second kappa shape index (κ2) is 6.22. The predicted octanol–water partition coefficient (Wildman–Crippen LogP) is 2.34. The van der Waals surface area contributed by atoms with Gasteiger partial charge < -0.3 is 14.4 Å². The Balaban J connectivity index is 1.71. The van der Waals surface area contributed by atoms with Crippen LogP contribution in [0.3, 0.4) is 0 Å². The summed E-state index contributed by atoms with van der Waals surface area (Å²) in [5, 5.41) is 0. The van der Waals surface area contributed by atoms with Gasteiger partial charge in [0.15, 0.2) is 0 Å². The number of hydrogen-bond acceptors (Lipinski definition) is 5. The molecule has 1 aromatic carbocycles. The fourth-order valence-electron chi connectivity index (χ4n) is 2.71. The second-order valence-corrected chi connectivity index (χ2v) is 5.82. The molecule has 0 amide bonds.